The minimum atomic E-state index is -0.128. The third kappa shape index (κ3) is 2.47. The van der Waals surface area contributed by atoms with Gasteiger partial charge in [-0.05, 0) is 73.8 Å². The molecule has 3 heteroatoms. The van der Waals surface area contributed by atoms with Crippen molar-refractivity contribution in [2.75, 3.05) is 14.2 Å². The Morgan fingerprint density at radius 1 is 1.16 bits per heavy atom. The second-order valence-corrected chi connectivity index (χ2v) is 8.23. The van der Waals surface area contributed by atoms with Crippen LogP contribution in [0.25, 0.3) is 0 Å². The van der Waals surface area contributed by atoms with Gasteiger partial charge in [-0.3, -0.25) is 0 Å². The highest BCUT2D eigenvalue weighted by molar-refractivity contribution is 5.54. The fraction of sp³-hybridized carbons (Fsp3) is 0.636. The Bertz CT molecular complexity index is 710. The molecule has 25 heavy (non-hydrogen) atoms. The highest BCUT2D eigenvalue weighted by Crippen LogP contribution is 2.57. The van der Waals surface area contributed by atoms with E-state index in [2.05, 4.69) is 25.1 Å². The second kappa shape index (κ2) is 6.14. The molecule has 136 valence electrons. The normalized spacial score (nSPS) is 33.7. The maximum absolute atomic E-state index is 6.90. The van der Waals surface area contributed by atoms with Gasteiger partial charge >= 0.3 is 0 Å². The van der Waals surface area contributed by atoms with Crippen LogP contribution in [0.5, 0.6) is 5.75 Å². The lowest BCUT2D eigenvalue weighted by atomic mass is 9.56. The summed E-state index contributed by atoms with van der Waals surface area (Å²) in [5, 5.41) is 0. The van der Waals surface area contributed by atoms with Crippen LogP contribution in [0.2, 0.25) is 0 Å². The highest BCUT2D eigenvalue weighted by Gasteiger charge is 2.52. The summed E-state index contributed by atoms with van der Waals surface area (Å²) in [4.78, 5) is 0. The van der Waals surface area contributed by atoms with Gasteiger partial charge < -0.3 is 15.2 Å². The quantitative estimate of drug-likeness (QED) is 0.832. The fourth-order valence-corrected chi connectivity index (χ4v) is 5.91. The van der Waals surface area contributed by atoms with Crippen LogP contribution >= 0.6 is 0 Å². The van der Waals surface area contributed by atoms with E-state index in [9.17, 15) is 0 Å². The standard InChI is InChI=1S/C22H31NO2/c1-4-9-21-10-11-22(23)14-17(25-3)13-20(22)19(21)7-5-15-12-16(24-2)6-8-18(15)21/h6,8,12,17H,4-5,7,9-11,13-14,23H2,1-3H3/t17?,21?,22-/m1/s1. The first kappa shape index (κ1) is 17.1. The fourth-order valence-electron chi connectivity index (χ4n) is 5.91. The van der Waals surface area contributed by atoms with Gasteiger partial charge in [0.15, 0.2) is 0 Å². The molecule has 0 bridgehead atoms. The smallest absolute Gasteiger partial charge is 0.119 e. The average Bonchev–Trinajstić information content (AvgIpc) is 2.98. The molecule has 1 aromatic carbocycles. The number of hydrogen-bond donors (Lipinski definition) is 1. The molecule has 3 aliphatic rings. The van der Waals surface area contributed by atoms with Gasteiger partial charge in [-0.2, -0.15) is 0 Å². The van der Waals surface area contributed by atoms with Crippen molar-refractivity contribution in [2.24, 2.45) is 5.73 Å². The van der Waals surface area contributed by atoms with Crippen LogP contribution in [0.3, 0.4) is 0 Å². The van der Waals surface area contributed by atoms with Gasteiger partial charge in [0.1, 0.15) is 5.75 Å². The molecule has 1 fully saturated rings. The van der Waals surface area contributed by atoms with Crippen LogP contribution < -0.4 is 10.5 Å². The lowest BCUT2D eigenvalue weighted by molar-refractivity contribution is 0.102. The van der Waals surface area contributed by atoms with E-state index in [1.807, 2.05) is 7.11 Å². The Morgan fingerprint density at radius 2 is 2.00 bits per heavy atom. The first-order valence-electron chi connectivity index (χ1n) is 9.78. The number of nitrogens with two attached hydrogens (primary N) is 1. The SMILES string of the molecule is CCCC12CC[C@@]3(N)CC(OC)CC3=C1CCc1cc(OC)ccc12. The number of allylic oxidation sites excluding steroid dienone is 1. The molecule has 2 N–H and O–H groups in total. The number of methoxy groups -OCH3 is 2. The summed E-state index contributed by atoms with van der Waals surface area (Å²) in [6, 6.07) is 6.72. The maximum atomic E-state index is 6.90. The van der Waals surface area contributed by atoms with E-state index >= 15 is 0 Å². The predicted molar refractivity (Wildman–Crippen MR) is 101 cm³/mol. The predicted octanol–water partition coefficient (Wildman–Crippen LogP) is 4.28. The van der Waals surface area contributed by atoms with E-state index in [0.29, 0.717) is 6.10 Å². The number of fused-ring (bicyclic) bond motifs is 4. The van der Waals surface area contributed by atoms with E-state index in [1.165, 1.54) is 36.0 Å². The lowest BCUT2D eigenvalue weighted by Gasteiger charge is -2.50. The summed E-state index contributed by atoms with van der Waals surface area (Å²) in [5.41, 5.74) is 13.2. The molecule has 0 spiro atoms. The Morgan fingerprint density at radius 3 is 2.72 bits per heavy atom. The Hall–Kier alpha value is -1.32. The van der Waals surface area contributed by atoms with Crippen molar-refractivity contribution in [1.82, 2.24) is 0 Å². The number of rotatable bonds is 4. The molecular weight excluding hydrogens is 310 g/mol. The van der Waals surface area contributed by atoms with Crippen molar-refractivity contribution in [3.8, 4) is 5.75 Å². The number of aryl methyl sites for hydroxylation is 1. The summed E-state index contributed by atoms with van der Waals surface area (Å²) >= 11 is 0. The van der Waals surface area contributed by atoms with Crippen LogP contribution in [0.15, 0.2) is 29.3 Å². The second-order valence-electron chi connectivity index (χ2n) is 8.23. The van der Waals surface area contributed by atoms with Crippen LogP contribution in [0.4, 0.5) is 0 Å². The van der Waals surface area contributed by atoms with Crippen molar-refractivity contribution in [1.29, 1.82) is 0 Å². The third-order valence-electron chi connectivity index (χ3n) is 7.05. The first-order chi connectivity index (χ1) is 12.1. The first-order valence-corrected chi connectivity index (χ1v) is 9.78. The molecule has 1 aromatic rings. The van der Waals surface area contributed by atoms with E-state index < -0.39 is 0 Å². The summed E-state index contributed by atoms with van der Waals surface area (Å²) in [6.45, 7) is 2.31. The van der Waals surface area contributed by atoms with Crippen LogP contribution in [-0.2, 0) is 16.6 Å². The van der Waals surface area contributed by atoms with E-state index in [0.717, 1.165) is 37.9 Å². The molecule has 4 rings (SSSR count). The van der Waals surface area contributed by atoms with Gasteiger partial charge in [0.25, 0.3) is 0 Å². The molecule has 1 saturated carbocycles. The summed E-state index contributed by atoms with van der Waals surface area (Å²) in [6.07, 6.45) is 9.23. The van der Waals surface area contributed by atoms with Crippen LogP contribution in [-0.4, -0.2) is 25.9 Å². The molecule has 3 atom stereocenters. The van der Waals surface area contributed by atoms with Gasteiger partial charge in [0.2, 0.25) is 0 Å². The van der Waals surface area contributed by atoms with Crippen molar-refractivity contribution >= 4 is 0 Å². The van der Waals surface area contributed by atoms with E-state index in [1.54, 1.807) is 12.7 Å². The van der Waals surface area contributed by atoms with E-state index in [4.69, 9.17) is 15.2 Å². The zero-order valence-electron chi connectivity index (χ0n) is 15.9. The number of hydrogen-bond acceptors (Lipinski definition) is 3. The van der Waals surface area contributed by atoms with Gasteiger partial charge in [-0.25, -0.2) is 0 Å². The maximum Gasteiger partial charge on any atom is 0.119 e. The third-order valence-corrected chi connectivity index (χ3v) is 7.05. The van der Waals surface area contributed by atoms with Crippen LogP contribution in [0, 0.1) is 0 Å². The molecule has 2 unspecified atom stereocenters. The van der Waals surface area contributed by atoms with Crippen molar-refractivity contribution < 1.29 is 9.47 Å². The molecule has 0 aromatic heterocycles. The van der Waals surface area contributed by atoms with Gasteiger partial charge in [-0.15, -0.1) is 0 Å². The zero-order chi connectivity index (χ0) is 17.7. The topological polar surface area (TPSA) is 44.5 Å². The Labute approximate surface area is 151 Å². The largest absolute Gasteiger partial charge is 0.497 e. The zero-order valence-corrected chi connectivity index (χ0v) is 15.9. The summed E-state index contributed by atoms with van der Waals surface area (Å²) in [5.74, 6) is 0.978. The Balaban J connectivity index is 1.87. The van der Waals surface area contributed by atoms with Gasteiger partial charge in [0, 0.05) is 18.1 Å². The van der Waals surface area contributed by atoms with Crippen molar-refractivity contribution in [3.05, 3.63) is 40.5 Å². The Kier molecular flexibility index (Phi) is 4.20. The molecule has 0 aliphatic heterocycles. The van der Waals surface area contributed by atoms with E-state index in [-0.39, 0.29) is 11.0 Å². The summed E-state index contributed by atoms with van der Waals surface area (Å²) in [7, 11) is 3.59. The van der Waals surface area contributed by atoms with Crippen LogP contribution in [0.1, 0.15) is 63.0 Å². The molecule has 0 radical (unpaired) electrons. The minimum Gasteiger partial charge on any atom is -0.497 e. The van der Waals surface area contributed by atoms with Crippen molar-refractivity contribution in [3.63, 3.8) is 0 Å². The molecule has 3 aliphatic carbocycles. The number of ether oxygens (including phenoxy) is 2. The van der Waals surface area contributed by atoms with Gasteiger partial charge in [0.05, 0.1) is 13.2 Å². The highest BCUT2D eigenvalue weighted by atomic mass is 16.5. The van der Waals surface area contributed by atoms with Gasteiger partial charge in [-0.1, -0.05) is 25.0 Å². The average molecular weight is 341 g/mol. The molecule has 0 saturated heterocycles. The minimum absolute atomic E-state index is 0.128. The molecule has 3 nitrogen and oxygen atoms in total. The van der Waals surface area contributed by atoms with Crippen molar-refractivity contribution in [2.45, 2.75) is 75.3 Å². The monoisotopic (exact) mass is 341 g/mol. The molecule has 0 amide bonds. The molecular formula is C22H31NO2. The number of benzene rings is 1. The molecule has 0 heterocycles. The summed E-state index contributed by atoms with van der Waals surface area (Å²) < 4.78 is 11.2. The lowest BCUT2D eigenvalue weighted by Crippen LogP contribution is -2.49.